The molecule has 236 valence electrons. The molecule has 0 fully saturated rings. The zero-order valence-electron chi connectivity index (χ0n) is 28.5. The van der Waals surface area contributed by atoms with Crippen molar-refractivity contribution >= 4 is 0 Å². The van der Waals surface area contributed by atoms with Crippen LogP contribution in [0.5, 0.6) is 0 Å². The summed E-state index contributed by atoms with van der Waals surface area (Å²) >= 11 is 0. The number of hydrogen-bond acceptors (Lipinski definition) is 0. The van der Waals surface area contributed by atoms with Crippen LogP contribution in [0.1, 0.15) is 246 Å². The van der Waals surface area contributed by atoms with Gasteiger partial charge in [0, 0.05) is 0 Å². The standard InChI is InChI=1S/C39H80/c1-5-9-13-17-21-23-25-29-33-37-39(35-31-27-19-15-11-7-3,36-32-28-20-16-12-8-4)38-34-30-26-24-22-18-14-10-6-2/h5-38H2,1-4H3. The summed E-state index contributed by atoms with van der Waals surface area (Å²) in [5, 5.41) is 0. The van der Waals surface area contributed by atoms with Crippen LogP contribution in [0.2, 0.25) is 0 Å². The Hall–Kier alpha value is 0. The molecule has 0 heterocycles. The molecular weight excluding hydrogens is 468 g/mol. The Morgan fingerprint density at radius 1 is 0.205 bits per heavy atom. The zero-order chi connectivity index (χ0) is 28.5. The normalized spacial score (nSPS) is 12.0. The molecule has 0 spiro atoms. The Kier molecular flexibility index (Phi) is 32.5. The van der Waals surface area contributed by atoms with Crippen molar-refractivity contribution in [2.45, 2.75) is 246 Å². The summed E-state index contributed by atoms with van der Waals surface area (Å²) in [4.78, 5) is 0. The predicted octanol–water partition coefficient (Wildman–Crippen LogP) is 15.3. The molecule has 0 heteroatoms. The van der Waals surface area contributed by atoms with E-state index in [0.29, 0.717) is 5.41 Å². The van der Waals surface area contributed by atoms with Crippen LogP contribution in [0.15, 0.2) is 0 Å². The van der Waals surface area contributed by atoms with Crippen LogP contribution in [0.25, 0.3) is 0 Å². The van der Waals surface area contributed by atoms with Gasteiger partial charge in [0.2, 0.25) is 0 Å². The molecule has 0 aromatic heterocycles. The lowest BCUT2D eigenvalue weighted by atomic mass is 9.70. The molecule has 0 nitrogen and oxygen atoms in total. The predicted molar refractivity (Wildman–Crippen MR) is 182 cm³/mol. The van der Waals surface area contributed by atoms with Gasteiger partial charge >= 0.3 is 0 Å². The minimum atomic E-state index is 0.678. The molecule has 0 saturated heterocycles. The van der Waals surface area contributed by atoms with Crippen LogP contribution in [0, 0.1) is 5.41 Å². The minimum absolute atomic E-state index is 0.678. The molecular formula is C39H80. The van der Waals surface area contributed by atoms with E-state index in [9.17, 15) is 0 Å². The summed E-state index contributed by atoms with van der Waals surface area (Å²) in [6.07, 6.45) is 50.2. The highest BCUT2D eigenvalue weighted by Gasteiger charge is 2.28. The van der Waals surface area contributed by atoms with Gasteiger partial charge in [-0.1, -0.05) is 220 Å². The van der Waals surface area contributed by atoms with Gasteiger partial charge in [-0.3, -0.25) is 0 Å². The molecule has 0 N–H and O–H groups in total. The first-order chi connectivity index (χ1) is 19.2. The van der Waals surface area contributed by atoms with Gasteiger partial charge in [-0.15, -0.1) is 0 Å². The van der Waals surface area contributed by atoms with Gasteiger partial charge in [-0.05, 0) is 31.1 Å². The molecule has 0 atom stereocenters. The summed E-state index contributed by atoms with van der Waals surface area (Å²) in [6, 6.07) is 0. The van der Waals surface area contributed by atoms with Crippen LogP contribution in [0.3, 0.4) is 0 Å². The third-order valence-electron chi connectivity index (χ3n) is 9.74. The molecule has 0 aromatic rings. The third-order valence-corrected chi connectivity index (χ3v) is 9.74. The van der Waals surface area contributed by atoms with E-state index in [2.05, 4.69) is 27.7 Å². The molecule has 0 aliphatic carbocycles. The van der Waals surface area contributed by atoms with Gasteiger partial charge in [0.1, 0.15) is 0 Å². The average Bonchev–Trinajstić information content (AvgIpc) is 2.95. The second-order valence-electron chi connectivity index (χ2n) is 13.7. The maximum atomic E-state index is 2.35. The van der Waals surface area contributed by atoms with E-state index in [1.807, 2.05) is 0 Å². The topological polar surface area (TPSA) is 0 Å². The van der Waals surface area contributed by atoms with Crippen molar-refractivity contribution in [3.63, 3.8) is 0 Å². The van der Waals surface area contributed by atoms with E-state index < -0.39 is 0 Å². The Morgan fingerprint density at radius 3 is 0.538 bits per heavy atom. The summed E-state index contributed by atoms with van der Waals surface area (Å²) < 4.78 is 0. The van der Waals surface area contributed by atoms with Crippen LogP contribution < -0.4 is 0 Å². The Morgan fingerprint density at radius 2 is 0.359 bits per heavy atom. The van der Waals surface area contributed by atoms with Crippen LogP contribution in [0.4, 0.5) is 0 Å². The molecule has 0 aromatic carbocycles. The van der Waals surface area contributed by atoms with E-state index in [-0.39, 0.29) is 0 Å². The van der Waals surface area contributed by atoms with Crippen molar-refractivity contribution < 1.29 is 0 Å². The highest BCUT2D eigenvalue weighted by molar-refractivity contribution is 4.80. The van der Waals surface area contributed by atoms with Crippen molar-refractivity contribution in [3.05, 3.63) is 0 Å². The smallest absolute Gasteiger partial charge is 0.0297 e. The van der Waals surface area contributed by atoms with E-state index in [4.69, 9.17) is 0 Å². The monoisotopic (exact) mass is 549 g/mol. The van der Waals surface area contributed by atoms with Crippen molar-refractivity contribution in [3.8, 4) is 0 Å². The number of rotatable bonds is 34. The Balaban J connectivity index is 4.73. The fraction of sp³-hybridized carbons (Fsp3) is 1.00. The van der Waals surface area contributed by atoms with Gasteiger partial charge in [-0.25, -0.2) is 0 Å². The summed E-state index contributed by atoms with van der Waals surface area (Å²) in [5.41, 5.74) is 0.678. The van der Waals surface area contributed by atoms with Crippen LogP contribution >= 0.6 is 0 Å². The molecule has 0 radical (unpaired) electrons. The maximum Gasteiger partial charge on any atom is -0.0297 e. The summed E-state index contributed by atoms with van der Waals surface area (Å²) in [5.74, 6) is 0. The molecule has 0 aliphatic rings. The number of hydrogen-bond donors (Lipinski definition) is 0. The largest absolute Gasteiger partial charge is 0.0654 e. The maximum absolute atomic E-state index is 2.35. The van der Waals surface area contributed by atoms with E-state index in [1.54, 1.807) is 25.7 Å². The fourth-order valence-corrected chi connectivity index (χ4v) is 6.93. The molecule has 0 aliphatic heterocycles. The number of unbranched alkanes of at least 4 members (excludes halogenated alkanes) is 26. The third kappa shape index (κ3) is 27.9. The second-order valence-corrected chi connectivity index (χ2v) is 13.7. The highest BCUT2D eigenvalue weighted by atomic mass is 14.3. The summed E-state index contributed by atoms with van der Waals surface area (Å²) in [7, 11) is 0. The molecule has 0 saturated carbocycles. The van der Waals surface area contributed by atoms with Crippen molar-refractivity contribution in [1.82, 2.24) is 0 Å². The highest BCUT2D eigenvalue weighted by Crippen LogP contribution is 2.42. The zero-order valence-corrected chi connectivity index (χ0v) is 28.5. The SMILES string of the molecule is CCCCCCCCCCCC(CCCCCCCC)(CCCCCCCC)CCCCCCCCCCC. The van der Waals surface area contributed by atoms with Gasteiger partial charge < -0.3 is 0 Å². The van der Waals surface area contributed by atoms with Crippen molar-refractivity contribution in [2.75, 3.05) is 0 Å². The van der Waals surface area contributed by atoms with Gasteiger partial charge in [0.15, 0.2) is 0 Å². The molecule has 39 heavy (non-hydrogen) atoms. The lowest BCUT2D eigenvalue weighted by molar-refractivity contribution is 0.171. The van der Waals surface area contributed by atoms with Crippen molar-refractivity contribution in [2.24, 2.45) is 5.41 Å². The van der Waals surface area contributed by atoms with Gasteiger partial charge in [-0.2, -0.15) is 0 Å². The quantitative estimate of drug-likeness (QED) is 0.0701. The summed E-state index contributed by atoms with van der Waals surface area (Å²) in [6.45, 7) is 9.36. The molecule has 0 amide bonds. The molecule has 0 unspecified atom stereocenters. The lowest BCUT2D eigenvalue weighted by Crippen LogP contribution is -2.21. The fourth-order valence-electron chi connectivity index (χ4n) is 6.93. The van der Waals surface area contributed by atoms with E-state index in [0.717, 1.165) is 0 Å². The second kappa shape index (κ2) is 32.5. The first-order valence-electron chi connectivity index (χ1n) is 19.2. The van der Waals surface area contributed by atoms with Crippen molar-refractivity contribution in [1.29, 1.82) is 0 Å². The van der Waals surface area contributed by atoms with E-state index in [1.165, 1.54) is 193 Å². The average molecular weight is 549 g/mol. The Bertz CT molecular complexity index is 384. The van der Waals surface area contributed by atoms with Gasteiger partial charge in [0.05, 0.1) is 0 Å². The molecule has 0 rings (SSSR count). The minimum Gasteiger partial charge on any atom is -0.0654 e. The van der Waals surface area contributed by atoms with E-state index >= 15 is 0 Å². The first-order valence-corrected chi connectivity index (χ1v) is 19.2. The molecule has 0 bridgehead atoms. The Labute approximate surface area is 251 Å². The first kappa shape index (κ1) is 39.0. The van der Waals surface area contributed by atoms with Crippen LogP contribution in [-0.4, -0.2) is 0 Å². The lowest BCUT2D eigenvalue weighted by Gasteiger charge is -2.35. The van der Waals surface area contributed by atoms with Gasteiger partial charge in [0.25, 0.3) is 0 Å². The van der Waals surface area contributed by atoms with Crippen LogP contribution in [-0.2, 0) is 0 Å².